The number of ether oxygens (including phenoxy) is 1. The van der Waals surface area contributed by atoms with Crippen LogP contribution in [0.2, 0.25) is 0 Å². The summed E-state index contributed by atoms with van der Waals surface area (Å²) in [6.45, 7) is 6.57. The van der Waals surface area contributed by atoms with E-state index >= 15 is 0 Å². The van der Waals surface area contributed by atoms with E-state index in [1.54, 1.807) is 13.2 Å². The zero-order valence-corrected chi connectivity index (χ0v) is 13.2. The SMILES string of the molecule is COCCN(CC(C)C)c1ccc2cc(C=O)c(=O)oc2c1. The molecule has 1 aromatic carbocycles. The summed E-state index contributed by atoms with van der Waals surface area (Å²) in [4.78, 5) is 24.7. The minimum atomic E-state index is -0.605. The molecule has 0 aliphatic rings. The molecular weight excluding hydrogens is 282 g/mol. The average molecular weight is 303 g/mol. The van der Waals surface area contributed by atoms with E-state index in [-0.39, 0.29) is 5.56 Å². The standard InChI is InChI=1S/C17H21NO4/c1-12(2)10-18(6-7-21-3)15-5-4-13-8-14(11-19)17(20)22-16(13)9-15/h4-5,8-9,11-12H,6-7,10H2,1-3H3. The molecule has 0 aliphatic heterocycles. The van der Waals surface area contributed by atoms with E-state index in [0.29, 0.717) is 24.4 Å². The zero-order chi connectivity index (χ0) is 16.1. The van der Waals surface area contributed by atoms with Crippen molar-refractivity contribution < 1.29 is 13.9 Å². The van der Waals surface area contributed by atoms with Gasteiger partial charge in [0.1, 0.15) is 11.1 Å². The summed E-state index contributed by atoms with van der Waals surface area (Å²) in [5, 5.41) is 0.738. The molecule has 5 heteroatoms. The van der Waals surface area contributed by atoms with Crippen molar-refractivity contribution in [2.24, 2.45) is 5.92 Å². The van der Waals surface area contributed by atoms with Crippen LogP contribution >= 0.6 is 0 Å². The van der Waals surface area contributed by atoms with Gasteiger partial charge in [-0.3, -0.25) is 4.79 Å². The fraction of sp³-hybridized carbons (Fsp3) is 0.412. The summed E-state index contributed by atoms with van der Waals surface area (Å²) >= 11 is 0. The van der Waals surface area contributed by atoms with Gasteiger partial charge in [0.15, 0.2) is 6.29 Å². The molecule has 0 bridgehead atoms. The quantitative estimate of drug-likeness (QED) is 0.581. The lowest BCUT2D eigenvalue weighted by Crippen LogP contribution is -2.30. The van der Waals surface area contributed by atoms with Crippen LogP contribution in [0.1, 0.15) is 24.2 Å². The Morgan fingerprint density at radius 1 is 1.32 bits per heavy atom. The Labute approximate surface area is 129 Å². The van der Waals surface area contributed by atoms with E-state index in [9.17, 15) is 9.59 Å². The lowest BCUT2D eigenvalue weighted by molar-refractivity contribution is 0.112. The summed E-state index contributed by atoms with van der Waals surface area (Å²) in [6, 6.07) is 7.22. The van der Waals surface area contributed by atoms with E-state index in [4.69, 9.17) is 9.15 Å². The highest BCUT2D eigenvalue weighted by Crippen LogP contribution is 2.22. The predicted molar refractivity (Wildman–Crippen MR) is 86.8 cm³/mol. The minimum absolute atomic E-state index is 0.0404. The van der Waals surface area contributed by atoms with Gasteiger partial charge < -0.3 is 14.1 Å². The monoisotopic (exact) mass is 303 g/mol. The maximum Gasteiger partial charge on any atom is 0.346 e. The summed E-state index contributed by atoms with van der Waals surface area (Å²) in [7, 11) is 1.67. The Morgan fingerprint density at radius 3 is 2.73 bits per heavy atom. The molecule has 0 fully saturated rings. The molecule has 1 aromatic heterocycles. The van der Waals surface area contributed by atoms with Crippen molar-refractivity contribution in [3.8, 4) is 0 Å². The zero-order valence-electron chi connectivity index (χ0n) is 13.2. The van der Waals surface area contributed by atoms with Gasteiger partial charge >= 0.3 is 5.63 Å². The van der Waals surface area contributed by atoms with Crippen LogP contribution in [0.15, 0.2) is 33.5 Å². The molecule has 0 spiro atoms. The van der Waals surface area contributed by atoms with Crippen molar-refractivity contribution in [3.05, 3.63) is 40.2 Å². The number of benzene rings is 1. The molecule has 0 N–H and O–H groups in total. The smallest absolute Gasteiger partial charge is 0.346 e. The maximum absolute atomic E-state index is 11.7. The first-order chi connectivity index (χ1) is 10.5. The van der Waals surface area contributed by atoms with Crippen LogP contribution < -0.4 is 10.5 Å². The second-order valence-corrected chi connectivity index (χ2v) is 5.66. The van der Waals surface area contributed by atoms with E-state index in [1.807, 2.05) is 18.2 Å². The summed E-state index contributed by atoms with van der Waals surface area (Å²) in [6.07, 6.45) is 0.517. The molecule has 0 aliphatic carbocycles. The summed E-state index contributed by atoms with van der Waals surface area (Å²) in [5.74, 6) is 0.497. The third-order valence-corrected chi connectivity index (χ3v) is 3.39. The van der Waals surface area contributed by atoms with Crippen molar-refractivity contribution in [2.45, 2.75) is 13.8 Å². The Hall–Kier alpha value is -2.14. The van der Waals surface area contributed by atoms with Gasteiger partial charge in [-0.05, 0) is 24.1 Å². The molecule has 0 saturated heterocycles. The van der Waals surface area contributed by atoms with Gasteiger partial charge in [-0.2, -0.15) is 0 Å². The maximum atomic E-state index is 11.7. The van der Waals surface area contributed by atoms with Gasteiger partial charge in [-0.1, -0.05) is 13.8 Å². The van der Waals surface area contributed by atoms with Crippen LogP contribution in [0, 0.1) is 5.92 Å². The third-order valence-electron chi connectivity index (χ3n) is 3.39. The van der Waals surface area contributed by atoms with Crippen LogP contribution in [-0.2, 0) is 4.74 Å². The first kappa shape index (κ1) is 16.2. The van der Waals surface area contributed by atoms with Crippen molar-refractivity contribution >= 4 is 22.9 Å². The van der Waals surface area contributed by atoms with Gasteiger partial charge in [0, 0.05) is 37.3 Å². The molecule has 0 atom stereocenters. The molecule has 0 amide bonds. The first-order valence-electron chi connectivity index (χ1n) is 7.32. The molecule has 2 rings (SSSR count). The number of aldehydes is 1. The van der Waals surface area contributed by atoms with E-state index in [0.717, 1.165) is 24.2 Å². The molecule has 1 heterocycles. The lowest BCUT2D eigenvalue weighted by Gasteiger charge is -2.26. The number of rotatable bonds is 7. The van der Waals surface area contributed by atoms with Gasteiger partial charge in [0.25, 0.3) is 0 Å². The number of carbonyl (C=O) groups excluding carboxylic acids is 1. The largest absolute Gasteiger partial charge is 0.422 e. The molecule has 0 radical (unpaired) electrons. The Balaban J connectivity index is 2.40. The van der Waals surface area contributed by atoms with Gasteiger partial charge in [-0.15, -0.1) is 0 Å². The van der Waals surface area contributed by atoms with Gasteiger partial charge in [-0.25, -0.2) is 4.79 Å². The lowest BCUT2D eigenvalue weighted by atomic mass is 10.1. The Bertz CT molecular complexity index is 705. The highest BCUT2D eigenvalue weighted by Gasteiger charge is 2.11. The number of methoxy groups -OCH3 is 1. The fourth-order valence-electron chi connectivity index (χ4n) is 2.36. The van der Waals surface area contributed by atoms with Crippen LogP contribution in [0.4, 0.5) is 5.69 Å². The van der Waals surface area contributed by atoms with E-state index in [1.165, 1.54) is 0 Å². The van der Waals surface area contributed by atoms with Crippen molar-refractivity contribution in [1.29, 1.82) is 0 Å². The molecule has 0 unspecified atom stereocenters. The molecule has 2 aromatic rings. The number of anilines is 1. The van der Waals surface area contributed by atoms with Gasteiger partial charge in [0.2, 0.25) is 0 Å². The normalized spacial score (nSPS) is 11.1. The second-order valence-electron chi connectivity index (χ2n) is 5.66. The molecule has 22 heavy (non-hydrogen) atoms. The van der Waals surface area contributed by atoms with Crippen LogP contribution in [0.3, 0.4) is 0 Å². The van der Waals surface area contributed by atoms with E-state index < -0.39 is 5.63 Å². The highest BCUT2D eigenvalue weighted by atomic mass is 16.5. The van der Waals surface area contributed by atoms with Crippen LogP contribution in [0.25, 0.3) is 11.0 Å². The van der Waals surface area contributed by atoms with Gasteiger partial charge in [0.05, 0.1) is 6.61 Å². The second kappa shape index (κ2) is 7.22. The predicted octanol–water partition coefficient (Wildman–Crippen LogP) is 2.71. The summed E-state index contributed by atoms with van der Waals surface area (Å²) in [5.41, 5.74) is 0.894. The molecule has 5 nitrogen and oxygen atoms in total. The Morgan fingerprint density at radius 2 is 2.09 bits per heavy atom. The van der Waals surface area contributed by atoms with Crippen molar-refractivity contribution in [3.63, 3.8) is 0 Å². The fourth-order valence-corrected chi connectivity index (χ4v) is 2.36. The molecule has 0 saturated carbocycles. The number of hydrogen-bond acceptors (Lipinski definition) is 5. The van der Waals surface area contributed by atoms with Crippen LogP contribution in [-0.4, -0.2) is 33.1 Å². The number of hydrogen-bond donors (Lipinski definition) is 0. The molecule has 118 valence electrons. The number of fused-ring (bicyclic) bond motifs is 1. The third kappa shape index (κ3) is 3.74. The van der Waals surface area contributed by atoms with Crippen molar-refractivity contribution in [1.82, 2.24) is 0 Å². The minimum Gasteiger partial charge on any atom is -0.422 e. The average Bonchev–Trinajstić information content (AvgIpc) is 2.49. The Kier molecular flexibility index (Phi) is 5.33. The number of nitrogens with zero attached hydrogens (tertiary/aromatic N) is 1. The van der Waals surface area contributed by atoms with Crippen LogP contribution in [0.5, 0.6) is 0 Å². The van der Waals surface area contributed by atoms with Crippen molar-refractivity contribution in [2.75, 3.05) is 31.7 Å². The number of carbonyl (C=O) groups is 1. The highest BCUT2D eigenvalue weighted by molar-refractivity contribution is 5.86. The first-order valence-corrected chi connectivity index (χ1v) is 7.32. The summed E-state index contributed by atoms with van der Waals surface area (Å²) < 4.78 is 10.4. The topological polar surface area (TPSA) is 59.8 Å². The molecular formula is C17H21NO4. The van der Waals surface area contributed by atoms with E-state index in [2.05, 4.69) is 18.7 Å².